The summed E-state index contributed by atoms with van der Waals surface area (Å²) in [5.74, 6) is 0.936. The quantitative estimate of drug-likeness (QED) is 0.528. The third kappa shape index (κ3) is 4.51. The molecule has 0 amide bonds. The lowest BCUT2D eigenvalue weighted by atomic mass is 9.64. The highest BCUT2D eigenvalue weighted by molar-refractivity contribution is 6.72. The molecule has 1 saturated heterocycles. The lowest BCUT2D eigenvalue weighted by molar-refractivity contribution is -0.115. The van der Waals surface area contributed by atoms with E-state index in [0.29, 0.717) is 19.6 Å². The number of morpholine rings is 1. The zero-order chi connectivity index (χ0) is 22.8. The molecule has 0 unspecified atom stereocenters. The van der Waals surface area contributed by atoms with Crippen LogP contribution in [0.1, 0.15) is 37.4 Å². The minimum Gasteiger partial charge on any atom is -0.378 e. The molecule has 0 N–H and O–H groups in total. The number of ether oxygens (including phenoxy) is 1. The van der Waals surface area contributed by atoms with Crippen LogP contribution in [0.25, 0.3) is 23.2 Å². The maximum atomic E-state index is 12.7. The number of anilines is 1. The Morgan fingerprint density at radius 2 is 2.03 bits per heavy atom. The Morgan fingerprint density at radius 3 is 2.82 bits per heavy atom. The van der Waals surface area contributed by atoms with Gasteiger partial charge in [0.2, 0.25) is 7.28 Å². The Morgan fingerprint density at radius 1 is 1.18 bits per heavy atom. The van der Waals surface area contributed by atoms with Crippen LogP contribution >= 0.6 is 0 Å². The first-order valence-corrected chi connectivity index (χ1v) is 11.7. The minimum absolute atomic E-state index is 0.185. The van der Waals surface area contributed by atoms with Gasteiger partial charge in [0.15, 0.2) is 5.82 Å². The zero-order valence-electron chi connectivity index (χ0n) is 19.3. The Balaban J connectivity index is 1.52. The van der Waals surface area contributed by atoms with E-state index in [1.165, 1.54) is 5.56 Å². The van der Waals surface area contributed by atoms with E-state index in [0.717, 1.165) is 65.3 Å². The van der Waals surface area contributed by atoms with E-state index >= 15 is 0 Å². The number of hydrogen-bond acceptors (Lipinski definition) is 5. The van der Waals surface area contributed by atoms with E-state index in [1.807, 2.05) is 36.4 Å². The Kier molecular flexibility index (Phi) is 6.14. The number of aryl methyl sites for hydroxylation is 1. The molecule has 167 valence electrons. The normalized spacial score (nSPS) is 15.2. The first-order valence-electron chi connectivity index (χ1n) is 11.7. The molecule has 0 aliphatic carbocycles. The second kappa shape index (κ2) is 9.36. The molecule has 0 bridgehead atoms. The molecule has 5 rings (SSSR count). The Bertz CT molecular complexity index is 1210. The van der Waals surface area contributed by atoms with Crippen LogP contribution in [-0.2, 0) is 9.53 Å². The molecule has 2 aromatic heterocycles. The monoisotopic (exact) mass is 439 g/mol. The Labute approximate surface area is 195 Å². The second-order valence-corrected chi connectivity index (χ2v) is 8.68. The summed E-state index contributed by atoms with van der Waals surface area (Å²) < 4.78 is 7.39. The molecule has 1 fully saturated rings. The molecule has 1 aromatic carbocycles. The van der Waals surface area contributed by atoms with Gasteiger partial charge in [-0.3, -0.25) is 4.79 Å². The lowest BCUT2D eigenvalue weighted by Gasteiger charge is -2.31. The van der Waals surface area contributed by atoms with Crippen LogP contribution in [0.2, 0.25) is 0 Å². The van der Waals surface area contributed by atoms with Gasteiger partial charge in [-0.2, -0.15) is 5.10 Å². The summed E-state index contributed by atoms with van der Waals surface area (Å²) in [7, 11) is 2.01. The predicted molar refractivity (Wildman–Crippen MR) is 132 cm³/mol. The highest BCUT2D eigenvalue weighted by Gasteiger charge is 2.27. The number of ketones is 1. The number of carbonyl (C=O) groups is 1. The molecule has 4 heterocycles. The standard InChI is InChI=1S/C26H28BN4O2/c1-3-4-8-24(32)20-16-22-26(27-20)23(30-11-13-33-14-12-30)17-25(28-22)31-10-9-21(29-31)19-7-5-6-18(2)15-19/h5-7,9-10,15-17H,3-4,8,11-14H2,1-2H3. The summed E-state index contributed by atoms with van der Waals surface area (Å²) in [6, 6.07) is 12.4. The maximum Gasteiger partial charge on any atom is 0.202 e. The minimum atomic E-state index is 0.185. The van der Waals surface area contributed by atoms with Crippen molar-refractivity contribution in [2.75, 3.05) is 31.2 Å². The fraction of sp³-hybridized carbons (Fsp3) is 0.346. The van der Waals surface area contributed by atoms with Crippen LogP contribution in [-0.4, -0.2) is 54.1 Å². The van der Waals surface area contributed by atoms with Crippen molar-refractivity contribution in [3.05, 3.63) is 59.3 Å². The molecule has 2 aliphatic rings. The molecular formula is C26H28BN4O2. The molecule has 0 spiro atoms. The van der Waals surface area contributed by atoms with Crippen LogP contribution in [0.15, 0.2) is 48.1 Å². The van der Waals surface area contributed by atoms with Crippen molar-refractivity contribution in [2.24, 2.45) is 0 Å². The van der Waals surface area contributed by atoms with Crippen LogP contribution in [0.3, 0.4) is 0 Å². The highest BCUT2D eigenvalue weighted by Crippen LogP contribution is 2.25. The van der Waals surface area contributed by atoms with Gasteiger partial charge < -0.3 is 9.64 Å². The number of unbranched alkanes of at least 4 members (excludes halogenated alkanes) is 1. The van der Waals surface area contributed by atoms with Gasteiger partial charge in [0.1, 0.15) is 5.78 Å². The summed E-state index contributed by atoms with van der Waals surface area (Å²) in [5, 5.41) is 4.81. The van der Waals surface area contributed by atoms with Crippen molar-refractivity contribution in [3.63, 3.8) is 0 Å². The summed E-state index contributed by atoms with van der Waals surface area (Å²) in [5.41, 5.74) is 6.88. The van der Waals surface area contributed by atoms with Gasteiger partial charge in [0, 0.05) is 43.0 Å². The second-order valence-electron chi connectivity index (χ2n) is 8.68. The van der Waals surface area contributed by atoms with Crippen molar-refractivity contribution in [3.8, 4) is 17.1 Å². The van der Waals surface area contributed by atoms with E-state index in [1.54, 1.807) is 0 Å². The van der Waals surface area contributed by atoms with Gasteiger partial charge in [-0.15, -0.1) is 0 Å². The summed E-state index contributed by atoms with van der Waals surface area (Å²) in [6.07, 6.45) is 6.38. The van der Waals surface area contributed by atoms with Crippen LogP contribution in [0, 0.1) is 6.92 Å². The number of carbonyl (C=O) groups excluding carboxylic acids is 1. The largest absolute Gasteiger partial charge is 0.378 e. The molecule has 3 aromatic rings. The van der Waals surface area contributed by atoms with E-state index in [2.05, 4.69) is 43.0 Å². The molecule has 1 radical (unpaired) electrons. The Hall–Kier alpha value is -3.19. The maximum absolute atomic E-state index is 12.7. The van der Waals surface area contributed by atoms with Gasteiger partial charge in [-0.1, -0.05) is 37.1 Å². The number of hydrogen-bond donors (Lipinski definition) is 0. The SMILES string of the molecule is CCCCC(=O)C1=Cc2nc(-n3ccc(-c4cccc(C)c4)n3)cc(N3CCOCC3)c2[B]1. The molecule has 0 saturated carbocycles. The van der Waals surface area contributed by atoms with Crippen molar-refractivity contribution in [1.82, 2.24) is 14.8 Å². The van der Waals surface area contributed by atoms with E-state index in [-0.39, 0.29) is 5.78 Å². The number of benzene rings is 1. The molecule has 2 aliphatic heterocycles. The van der Waals surface area contributed by atoms with Gasteiger partial charge >= 0.3 is 0 Å². The van der Waals surface area contributed by atoms with Gasteiger partial charge in [0.25, 0.3) is 0 Å². The molecule has 6 nitrogen and oxygen atoms in total. The van der Waals surface area contributed by atoms with Crippen molar-refractivity contribution < 1.29 is 9.53 Å². The average Bonchev–Trinajstić information content (AvgIpc) is 3.50. The highest BCUT2D eigenvalue weighted by atomic mass is 16.5. The third-order valence-corrected chi connectivity index (χ3v) is 6.21. The molecule has 33 heavy (non-hydrogen) atoms. The first-order chi connectivity index (χ1) is 16.1. The van der Waals surface area contributed by atoms with Gasteiger partial charge in [-0.25, -0.2) is 9.67 Å². The molecule has 7 heteroatoms. The predicted octanol–water partition coefficient (Wildman–Crippen LogP) is 3.52. The van der Waals surface area contributed by atoms with Crippen molar-refractivity contribution >= 4 is 30.3 Å². The van der Waals surface area contributed by atoms with E-state index < -0.39 is 0 Å². The average molecular weight is 439 g/mol. The fourth-order valence-electron chi connectivity index (χ4n) is 4.39. The topological polar surface area (TPSA) is 60.2 Å². The van der Waals surface area contributed by atoms with E-state index in [4.69, 9.17) is 14.8 Å². The molecular weight excluding hydrogens is 411 g/mol. The number of rotatable bonds is 7. The van der Waals surface area contributed by atoms with Crippen molar-refractivity contribution in [1.29, 1.82) is 0 Å². The first kappa shape index (κ1) is 21.6. The number of pyridine rings is 1. The number of fused-ring (bicyclic) bond motifs is 1. The van der Waals surface area contributed by atoms with Crippen molar-refractivity contribution in [2.45, 2.75) is 33.1 Å². The van der Waals surface area contributed by atoms with E-state index in [9.17, 15) is 4.79 Å². The summed E-state index contributed by atoms with van der Waals surface area (Å²) in [4.78, 5) is 19.9. The lowest BCUT2D eigenvalue weighted by Crippen LogP contribution is -2.40. The number of nitrogens with zero attached hydrogens (tertiary/aromatic N) is 4. The smallest absolute Gasteiger partial charge is 0.202 e. The van der Waals surface area contributed by atoms with Crippen LogP contribution < -0.4 is 10.4 Å². The molecule has 0 atom stereocenters. The fourth-order valence-corrected chi connectivity index (χ4v) is 4.39. The third-order valence-electron chi connectivity index (χ3n) is 6.21. The zero-order valence-corrected chi connectivity index (χ0v) is 19.3. The number of Topliss-reactive ketones (excluding diaryl/α,β-unsaturated/α-hetero) is 1. The number of aromatic nitrogens is 3. The van der Waals surface area contributed by atoms with Crippen LogP contribution in [0.5, 0.6) is 0 Å². The van der Waals surface area contributed by atoms with Crippen LogP contribution in [0.4, 0.5) is 5.69 Å². The number of allylic oxidation sites excluding steroid dienone is 1. The summed E-state index contributed by atoms with van der Waals surface area (Å²) >= 11 is 0. The van der Waals surface area contributed by atoms with Gasteiger partial charge in [0.05, 0.1) is 24.6 Å². The summed E-state index contributed by atoms with van der Waals surface area (Å²) in [6.45, 7) is 7.21. The van der Waals surface area contributed by atoms with Gasteiger partial charge in [-0.05, 0) is 42.5 Å².